The Bertz CT molecular complexity index is 791. The minimum Gasteiger partial charge on any atom is -0.319 e. The second kappa shape index (κ2) is 5.70. The molecule has 0 atom stereocenters. The highest BCUT2D eigenvalue weighted by molar-refractivity contribution is 5.18. The Morgan fingerprint density at radius 2 is 1.90 bits per heavy atom. The molecule has 2 heterocycles. The fourth-order valence-electron chi connectivity index (χ4n) is 2.04. The van der Waals surface area contributed by atoms with Crippen LogP contribution in [-0.4, -0.2) is 24.8 Å². The summed E-state index contributed by atoms with van der Waals surface area (Å²) in [4.78, 5) is 13.1. The normalized spacial score (nSPS) is 10.7. The van der Waals surface area contributed by atoms with Crippen LogP contribution in [0.25, 0.3) is 0 Å². The molecule has 0 aliphatic rings. The lowest BCUT2D eigenvalue weighted by Gasteiger charge is -2.01. The predicted octanol–water partition coefficient (Wildman–Crippen LogP) is 1.01. The Labute approximate surface area is 121 Å². The van der Waals surface area contributed by atoms with Crippen molar-refractivity contribution in [3.8, 4) is 0 Å². The van der Waals surface area contributed by atoms with E-state index in [0.717, 1.165) is 11.1 Å². The van der Waals surface area contributed by atoms with Gasteiger partial charge in [-0.15, -0.1) is 10.2 Å². The summed E-state index contributed by atoms with van der Waals surface area (Å²) in [6, 6.07) is 13.5. The molecule has 0 aliphatic heterocycles. The molecule has 0 bridgehead atoms. The van der Waals surface area contributed by atoms with Gasteiger partial charge >= 0.3 is 0 Å². The first-order chi connectivity index (χ1) is 10.2. The van der Waals surface area contributed by atoms with Gasteiger partial charge in [0.05, 0.1) is 6.54 Å². The fourth-order valence-corrected chi connectivity index (χ4v) is 2.04. The van der Waals surface area contributed by atoms with E-state index in [-0.39, 0.29) is 5.56 Å². The third-order valence-corrected chi connectivity index (χ3v) is 3.19. The number of tetrazole rings is 1. The molecule has 0 N–H and O–H groups in total. The van der Waals surface area contributed by atoms with Crippen LogP contribution in [0.15, 0.2) is 53.5 Å². The number of rotatable bonds is 4. The van der Waals surface area contributed by atoms with E-state index in [4.69, 9.17) is 0 Å². The van der Waals surface area contributed by atoms with Crippen LogP contribution in [-0.2, 0) is 20.0 Å². The molecule has 21 heavy (non-hydrogen) atoms. The summed E-state index contributed by atoms with van der Waals surface area (Å²) < 4.78 is 1.53. The second-order valence-corrected chi connectivity index (χ2v) is 4.88. The van der Waals surface area contributed by atoms with Crippen LogP contribution in [0, 0.1) is 0 Å². The standard InChI is InChI=1S/C15H15N5O/c1-19-8-7-13(10-15(19)21)11-20-17-14(16-18-20)9-12-5-3-2-4-6-12/h2-8,10H,9,11H2,1H3. The third-order valence-electron chi connectivity index (χ3n) is 3.19. The molecule has 0 radical (unpaired) electrons. The van der Waals surface area contributed by atoms with E-state index in [9.17, 15) is 4.79 Å². The molecule has 0 unspecified atom stereocenters. The Hall–Kier alpha value is -2.76. The first-order valence-electron chi connectivity index (χ1n) is 6.67. The molecule has 106 valence electrons. The summed E-state index contributed by atoms with van der Waals surface area (Å²) in [6.45, 7) is 0.442. The van der Waals surface area contributed by atoms with Crippen LogP contribution in [0.3, 0.4) is 0 Å². The number of pyridine rings is 1. The summed E-state index contributed by atoms with van der Waals surface area (Å²) in [5.74, 6) is 0.671. The molecule has 0 saturated heterocycles. The number of aromatic nitrogens is 5. The maximum Gasteiger partial charge on any atom is 0.250 e. The molecule has 6 nitrogen and oxygen atoms in total. The largest absolute Gasteiger partial charge is 0.319 e. The van der Waals surface area contributed by atoms with Gasteiger partial charge in [-0.3, -0.25) is 4.79 Å². The highest BCUT2D eigenvalue weighted by atomic mass is 16.1. The molecule has 0 saturated carbocycles. The van der Waals surface area contributed by atoms with Gasteiger partial charge in [-0.05, 0) is 22.4 Å². The number of aryl methyl sites for hydroxylation is 1. The SMILES string of the molecule is Cn1ccc(Cn2nnc(Cc3ccccc3)n2)cc1=O. The Balaban J connectivity index is 1.73. The van der Waals surface area contributed by atoms with Crippen molar-refractivity contribution in [1.29, 1.82) is 0 Å². The van der Waals surface area contributed by atoms with Crippen molar-refractivity contribution in [3.05, 3.63) is 76.0 Å². The summed E-state index contributed by atoms with van der Waals surface area (Å²) in [5.41, 5.74) is 1.96. The average Bonchev–Trinajstić information content (AvgIpc) is 2.91. The van der Waals surface area contributed by atoms with Crippen molar-refractivity contribution in [2.45, 2.75) is 13.0 Å². The third kappa shape index (κ3) is 3.22. The smallest absolute Gasteiger partial charge is 0.250 e. The number of hydrogen-bond donors (Lipinski definition) is 0. The van der Waals surface area contributed by atoms with Crippen LogP contribution in [0.5, 0.6) is 0 Å². The molecular formula is C15H15N5O. The highest BCUT2D eigenvalue weighted by Gasteiger charge is 2.05. The monoisotopic (exact) mass is 281 g/mol. The molecule has 0 aliphatic carbocycles. The number of nitrogens with zero attached hydrogens (tertiary/aromatic N) is 5. The van der Waals surface area contributed by atoms with Crippen molar-refractivity contribution in [3.63, 3.8) is 0 Å². The zero-order valence-electron chi connectivity index (χ0n) is 11.7. The lowest BCUT2D eigenvalue weighted by Crippen LogP contribution is -2.16. The Kier molecular flexibility index (Phi) is 3.59. The molecule has 6 heteroatoms. The van der Waals surface area contributed by atoms with Gasteiger partial charge in [0, 0.05) is 25.7 Å². The van der Waals surface area contributed by atoms with Crippen molar-refractivity contribution in [1.82, 2.24) is 24.8 Å². The van der Waals surface area contributed by atoms with E-state index in [2.05, 4.69) is 15.4 Å². The predicted molar refractivity (Wildman–Crippen MR) is 77.9 cm³/mol. The zero-order valence-corrected chi connectivity index (χ0v) is 11.7. The Morgan fingerprint density at radius 1 is 1.10 bits per heavy atom. The second-order valence-electron chi connectivity index (χ2n) is 4.88. The molecule has 0 fully saturated rings. The van der Waals surface area contributed by atoms with E-state index in [0.29, 0.717) is 18.8 Å². The van der Waals surface area contributed by atoms with Crippen LogP contribution in [0.4, 0.5) is 0 Å². The maximum atomic E-state index is 11.6. The molecule has 0 spiro atoms. The van der Waals surface area contributed by atoms with E-state index >= 15 is 0 Å². The van der Waals surface area contributed by atoms with Gasteiger partial charge in [0.15, 0.2) is 5.82 Å². The quantitative estimate of drug-likeness (QED) is 0.716. The molecule has 3 rings (SSSR count). The minimum absolute atomic E-state index is 0.0443. The lowest BCUT2D eigenvalue weighted by molar-refractivity contribution is 0.569. The average molecular weight is 281 g/mol. The van der Waals surface area contributed by atoms with Crippen molar-refractivity contribution < 1.29 is 0 Å². The van der Waals surface area contributed by atoms with Crippen LogP contribution < -0.4 is 5.56 Å². The lowest BCUT2D eigenvalue weighted by atomic mass is 10.1. The highest BCUT2D eigenvalue weighted by Crippen LogP contribution is 2.04. The minimum atomic E-state index is -0.0443. The van der Waals surface area contributed by atoms with Gasteiger partial charge in [0.1, 0.15) is 0 Å². The van der Waals surface area contributed by atoms with Crippen LogP contribution >= 0.6 is 0 Å². The maximum absolute atomic E-state index is 11.6. The molecular weight excluding hydrogens is 266 g/mol. The van der Waals surface area contributed by atoms with Crippen molar-refractivity contribution >= 4 is 0 Å². The van der Waals surface area contributed by atoms with Gasteiger partial charge in [-0.25, -0.2) is 0 Å². The Morgan fingerprint density at radius 3 is 2.67 bits per heavy atom. The van der Waals surface area contributed by atoms with Gasteiger partial charge in [0.25, 0.3) is 5.56 Å². The van der Waals surface area contributed by atoms with E-state index in [1.165, 1.54) is 9.36 Å². The number of hydrogen-bond acceptors (Lipinski definition) is 4. The topological polar surface area (TPSA) is 65.6 Å². The molecule has 1 aromatic carbocycles. The van der Waals surface area contributed by atoms with E-state index < -0.39 is 0 Å². The van der Waals surface area contributed by atoms with Crippen LogP contribution in [0.2, 0.25) is 0 Å². The zero-order chi connectivity index (χ0) is 14.7. The summed E-state index contributed by atoms with van der Waals surface area (Å²) >= 11 is 0. The first-order valence-corrected chi connectivity index (χ1v) is 6.67. The van der Waals surface area contributed by atoms with E-state index in [1.54, 1.807) is 19.3 Å². The summed E-state index contributed by atoms with van der Waals surface area (Å²) in [5, 5.41) is 12.4. The van der Waals surface area contributed by atoms with Gasteiger partial charge < -0.3 is 4.57 Å². The molecule has 0 amide bonds. The fraction of sp³-hybridized carbons (Fsp3) is 0.200. The molecule has 2 aromatic heterocycles. The number of benzene rings is 1. The van der Waals surface area contributed by atoms with Gasteiger partial charge in [-0.1, -0.05) is 30.3 Å². The van der Waals surface area contributed by atoms with Crippen molar-refractivity contribution in [2.75, 3.05) is 0 Å². The van der Waals surface area contributed by atoms with Crippen molar-refractivity contribution in [2.24, 2.45) is 7.05 Å². The molecule has 3 aromatic rings. The summed E-state index contributed by atoms with van der Waals surface area (Å²) in [6.07, 6.45) is 2.39. The van der Waals surface area contributed by atoms with Gasteiger partial charge in [0.2, 0.25) is 0 Å². The van der Waals surface area contributed by atoms with Crippen LogP contribution in [0.1, 0.15) is 17.0 Å². The van der Waals surface area contributed by atoms with E-state index in [1.807, 2.05) is 36.4 Å². The first kappa shape index (κ1) is 13.2. The summed E-state index contributed by atoms with van der Waals surface area (Å²) in [7, 11) is 1.72. The van der Waals surface area contributed by atoms with Gasteiger partial charge in [-0.2, -0.15) is 4.80 Å².